The van der Waals surface area contributed by atoms with Crippen molar-refractivity contribution in [1.82, 2.24) is 0 Å². The van der Waals surface area contributed by atoms with E-state index in [4.69, 9.17) is 9.47 Å². The molecule has 25 heavy (non-hydrogen) atoms. The van der Waals surface area contributed by atoms with Crippen LogP contribution in [0, 0.1) is 5.92 Å². The fraction of sp³-hybridized carbons (Fsp3) is 0.278. The van der Waals surface area contributed by atoms with Crippen LogP contribution >= 0.6 is 0 Å². The van der Waals surface area contributed by atoms with E-state index in [1.165, 1.54) is 12.1 Å². The van der Waals surface area contributed by atoms with Gasteiger partial charge in [0.25, 0.3) is 0 Å². The summed E-state index contributed by atoms with van der Waals surface area (Å²) in [5.74, 6) is -0.0195. The number of ether oxygens (including phenoxy) is 2. The maximum atomic E-state index is 12.5. The monoisotopic (exact) mass is 351 g/mol. The fourth-order valence-electron chi connectivity index (χ4n) is 2.59. The van der Waals surface area contributed by atoms with Gasteiger partial charge in [-0.25, -0.2) is 0 Å². The van der Waals surface area contributed by atoms with Crippen molar-refractivity contribution >= 4 is 11.6 Å². The van der Waals surface area contributed by atoms with Crippen LogP contribution < -0.4 is 14.8 Å². The van der Waals surface area contributed by atoms with Gasteiger partial charge in [-0.1, -0.05) is 30.3 Å². The molecule has 2 aromatic carbocycles. The van der Waals surface area contributed by atoms with Gasteiger partial charge in [-0.05, 0) is 30.2 Å². The van der Waals surface area contributed by atoms with Crippen LogP contribution in [0.15, 0.2) is 48.5 Å². The number of carbonyl (C=O) groups excluding carboxylic acids is 1. The van der Waals surface area contributed by atoms with E-state index < -0.39 is 18.7 Å². The number of rotatable bonds is 4. The second kappa shape index (κ2) is 7.04. The number of carbonyl (C=O) groups is 1. The Labute approximate surface area is 142 Å². The molecule has 1 N–H and O–H groups in total. The molecule has 0 aliphatic carbocycles. The van der Waals surface area contributed by atoms with Crippen molar-refractivity contribution in [3.63, 3.8) is 0 Å². The number of hydrogen-bond donors (Lipinski definition) is 1. The Bertz CT molecular complexity index is 761. The van der Waals surface area contributed by atoms with Crippen LogP contribution in [0.4, 0.5) is 18.9 Å². The van der Waals surface area contributed by atoms with Gasteiger partial charge >= 0.3 is 6.18 Å². The highest BCUT2D eigenvalue weighted by atomic mass is 19.4. The average molecular weight is 351 g/mol. The van der Waals surface area contributed by atoms with E-state index in [1.807, 2.05) is 24.3 Å². The van der Waals surface area contributed by atoms with Crippen molar-refractivity contribution in [1.29, 1.82) is 0 Å². The van der Waals surface area contributed by atoms with Gasteiger partial charge < -0.3 is 14.8 Å². The van der Waals surface area contributed by atoms with Gasteiger partial charge in [0.2, 0.25) is 5.91 Å². The molecule has 2 aromatic rings. The molecule has 0 spiro atoms. The Morgan fingerprint density at radius 1 is 1.16 bits per heavy atom. The van der Waals surface area contributed by atoms with Crippen molar-refractivity contribution in [2.45, 2.75) is 12.6 Å². The van der Waals surface area contributed by atoms with Gasteiger partial charge in [-0.15, -0.1) is 0 Å². The van der Waals surface area contributed by atoms with E-state index >= 15 is 0 Å². The molecule has 132 valence electrons. The van der Waals surface area contributed by atoms with Gasteiger partial charge in [0, 0.05) is 0 Å². The third-order valence-corrected chi connectivity index (χ3v) is 3.79. The van der Waals surface area contributed by atoms with Crippen LogP contribution in [-0.2, 0) is 11.2 Å². The number of halogens is 3. The Balaban J connectivity index is 1.68. The second-order valence-corrected chi connectivity index (χ2v) is 5.71. The minimum absolute atomic E-state index is 0.0229. The summed E-state index contributed by atoms with van der Waals surface area (Å²) in [6.45, 7) is -1.20. The van der Waals surface area contributed by atoms with Gasteiger partial charge in [-0.3, -0.25) is 4.79 Å². The Morgan fingerprint density at radius 3 is 2.68 bits per heavy atom. The van der Waals surface area contributed by atoms with E-state index in [2.05, 4.69) is 5.32 Å². The molecule has 4 nitrogen and oxygen atoms in total. The highest BCUT2D eigenvalue weighted by Gasteiger charge is 2.29. The van der Waals surface area contributed by atoms with Crippen molar-refractivity contribution in [2.75, 3.05) is 18.5 Å². The molecule has 1 unspecified atom stereocenters. The van der Waals surface area contributed by atoms with Crippen molar-refractivity contribution in [2.24, 2.45) is 5.92 Å². The molecule has 3 rings (SSSR count). The third kappa shape index (κ3) is 4.43. The quantitative estimate of drug-likeness (QED) is 0.911. The van der Waals surface area contributed by atoms with E-state index in [0.717, 1.165) is 11.3 Å². The number of fused-ring (bicyclic) bond motifs is 1. The zero-order chi connectivity index (χ0) is 17.9. The molecule has 0 bridgehead atoms. The number of amides is 1. The molecule has 0 aromatic heterocycles. The molecule has 1 atom stereocenters. The first-order valence-corrected chi connectivity index (χ1v) is 7.72. The molecule has 1 heterocycles. The van der Waals surface area contributed by atoms with Crippen LogP contribution in [0.1, 0.15) is 5.56 Å². The first-order chi connectivity index (χ1) is 11.9. The first kappa shape index (κ1) is 17.1. The van der Waals surface area contributed by atoms with Crippen LogP contribution in [-0.4, -0.2) is 25.3 Å². The van der Waals surface area contributed by atoms with E-state index in [0.29, 0.717) is 6.42 Å². The van der Waals surface area contributed by atoms with Crippen LogP contribution in [0.3, 0.4) is 0 Å². The summed E-state index contributed by atoms with van der Waals surface area (Å²) in [6.07, 6.45) is -3.94. The standard InChI is InChI=1S/C18H16F3NO3/c19-18(20,21)11-25-16-8-4-2-6-14(16)22-17(23)13-9-12-5-1-3-7-15(12)24-10-13/h1-8,13H,9-11H2,(H,22,23). The number of anilines is 1. The number of nitrogens with one attached hydrogen (secondary N) is 1. The summed E-state index contributed by atoms with van der Waals surface area (Å²) < 4.78 is 47.4. The van der Waals surface area contributed by atoms with Crippen LogP contribution in [0.2, 0.25) is 0 Å². The first-order valence-electron chi connectivity index (χ1n) is 7.72. The van der Waals surface area contributed by atoms with Gasteiger partial charge in [0.1, 0.15) is 18.1 Å². The normalized spacial score (nSPS) is 16.5. The van der Waals surface area contributed by atoms with E-state index in [-0.39, 0.29) is 24.0 Å². The highest BCUT2D eigenvalue weighted by Crippen LogP contribution is 2.30. The highest BCUT2D eigenvalue weighted by molar-refractivity contribution is 5.94. The summed E-state index contributed by atoms with van der Waals surface area (Å²) in [4.78, 5) is 12.5. The average Bonchev–Trinajstić information content (AvgIpc) is 2.60. The van der Waals surface area contributed by atoms with Gasteiger partial charge in [-0.2, -0.15) is 13.2 Å². The van der Waals surface area contributed by atoms with E-state index in [1.54, 1.807) is 12.1 Å². The molecular weight excluding hydrogens is 335 g/mol. The van der Waals surface area contributed by atoms with E-state index in [9.17, 15) is 18.0 Å². The molecule has 0 radical (unpaired) electrons. The predicted octanol–water partition coefficient (Wildman–Crippen LogP) is 3.82. The second-order valence-electron chi connectivity index (χ2n) is 5.71. The Hall–Kier alpha value is -2.70. The molecule has 0 saturated carbocycles. The Kier molecular flexibility index (Phi) is 4.83. The smallest absolute Gasteiger partial charge is 0.422 e. The third-order valence-electron chi connectivity index (χ3n) is 3.79. The number of para-hydroxylation sites is 3. The molecule has 1 aliphatic heterocycles. The number of hydrogen-bond acceptors (Lipinski definition) is 3. The minimum atomic E-state index is -4.45. The SMILES string of the molecule is O=C(Nc1ccccc1OCC(F)(F)F)C1COc2ccccc2C1. The lowest BCUT2D eigenvalue weighted by Gasteiger charge is -2.24. The number of alkyl halides is 3. The predicted molar refractivity (Wildman–Crippen MR) is 85.8 cm³/mol. The topological polar surface area (TPSA) is 47.6 Å². The zero-order valence-electron chi connectivity index (χ0n) is 13.2. The lowest BCUT2D eigenvalue weighted by Crippen LogP contribution is -2.32. The molecule has 0 fully saturated rings. The lowest BCUT2D eigenvalue weighted by molar-refractivity contribution is -0.153. The molecule has 7 heteroatoms. The summed E-state index contributed by atoms with van der Waals surface area (Å²) in [5, 5.41) is 2.64. The molecular formula is C18H16F3NO3. The minimum Gasteiger partial charge on any atom is -0.492 e. The lowest BCUT2D eigenvalue weighted by atomic mass is 9.96. The summed E-state index contributed by atoms with van der Waals surface area (Å²) >= 11 is 0. The van der Waals surface area contributed by atoms with Crippen LogP contribution in [0.5, 0.6) is 11.5 Å². The molecule has 1 aliphatic rings. The summed E-state index contributed by atoms with van der Waals surface area (Å²) in [7, 11) is 0. The molecule has 0 saturated heterocycles. The largest absolute Gasteiger partial charge is 0.492 e. The summed E-state index contributed by atoms with van der Waals surface area (Å²) in [5.41, 5.74) is 1.13. The maximum absolute atomic E-state index is 12.5. The fourth-order valence-corrected chi connectivity index (χ4v) is 2.59. The Morgan fingerprint density at radius 2 is 1.88 bits per heavy atom. The van der Waals surface area contributed by atoms with Crippen molar-refractivity contribution in [3.05, 3.63) is 54.1 Å². The molecule has 1 amide bonds. The summed E-state index contributed by atoms with van der Waals surface area (Å²) in [6, 6.07) is 13.5. The van der Waals surface area contributed by atoms with Crippen molar-refractivity contribution < 1.29 is 27.4 Å². The van der Waals surface area contributed by atoms with Gasteiger partial charge in [0.05, 0.1) is 11.6 Å². The van der Waals surface area contributed by atoms with Crippen molar-refractivity contribution in [3.8, 4) is 11.5 Å². The zero-order valence-corrected chi connectivity index (χ0v) is 13.2. The van der Waals surface area contributed by atoms with Gasteiger partial charge in [0.15, 0.2) is 6.61 Å². The number of benzene rings is 2. The van der Waals surface area contributed by atoms with Crippen LogP contribution in [0.25, 0.3) is 0 Å². The maximum Gasteiger partial charge on any atom is 0.422 e.